The molecule has 128 valence electrons. The molecule has 0 aliphatic carbocycles. The van der Waals surface area contributed by atoms with Crippen molar-refractivity contribution in [3.63, 3.8) is 0 Å². The number of rotatable bonds is 5. The summed E-state index contributed by atoms with van der Waals surface area (Å²) in [6.45, 7) is 6.61. The topological polar surface area (TPSA) is 71.0 Å². The standard InChI is InChI=1S/C16H21N5OS2/c1-11-7-12(2)9-21(8-11)13-3-4-17-15(19-13)24-10-14(22)20-16-18-5-6-23-16/h3-6,11-12H,7-10H2,1-2H3,(H,18,20,22)/t11-,12-/m1/s1. The van der Waals surface area contributed by atoms with Gasteiger partial charge in [0.15, 0.2) is 10.3 Å². The highest BCUT2D eigenvalue weighted by Crippen LogP contribution is 2.26. The number of thiazole rings is 1. The average Bonchev–Trinajstić information content (AvgIpc) is 3.05. The van der Waals surface area contributed by atoms with Crippen LogP contribution >= 0.6 is 23.1 Å². The van der Waals surface area contributed by atoms with E-state index in [1.54, 1.807) is 12.4 Å². The molecule has 1 aliphatic heterocycles. The fourth-order valence-electron chi connectivity index (χ4n) is 3.00. The van der Waals surface area contributed by atoms with Crippen molar-refractivity contribution >= 4 is 40.0 Å². The summed E-state index contributed by atoms with van der Waals surface area (Å²) < 4.78 is 0. The van der Waals surface area contributed by atoms with Crippen molar-refractivity contribution in [3.05, 3.63) is 23.8 Å². The average molecular weight is 364 g/mol. The highest BCUT2D eigenvalue weighted by molar-refractivity contribution is 7.99. The normalized spacial score (nSPS) is 20.8. The Morgan fingerprint density at radius 2 is 2.12 bits per heavy atom. The molecule has 3 rings (SSSR count). The Kier molecular flexibility index (Phi) is 5.68. The molecule has 0 bridgehead atoms. The van der Waals surface area contributed by atoms with E-state index >= 15 is 0 Å². The van der Waals surface area contributed by atoms with E-state index in [2.05, 4.69) is 39.0 Å². The second kappa shape index (κ2) is 7.94. The number of amides is 1. The molecule has 0 aromatic carbocycles. The van der Waals surface area contributed by atoms with Gasteiger partial charge in [-0.3, -0.25) is 4.79 Å². The molecule has 1 amide bonds. The number of nitrogens with one attached hydrogen (secondary N) is 1. The predicted molar refractivity (Wildman–Crippen MR) is 98.7 cm³/mol. The number of carbonyl (C=O) groups excluding carboxylic acids is 1. The lowest BCUT2D eigenvalue weighted by Crippen LogP contribution is -2.39. The molecular weight excluding hydrogens is 342 g/mol. The van der Waals surface area contributed by atoms with E-state index in [4.69, 9.17) is 0 Å². The van der Waals surface area contributed by atoms with Gasteiger partial charge in [0.25, 0.3) is 0 Å². The summed E-state index contributed by atoms with van der Waals surface area (Å²) in [6, 6.07) is 1.95. The molecule has 1 N–H and O–H groups in total. The van der Waals surface area contributed by atoms with Crippen molar-refractivity contribution in [3.8, 4) is 0 Å². The Hall–Kier alpha value is -1.67. The van der Waals surface area contributed by atoms with Gasteiger partial charge in [-0.1, -0.05) is 25.6 Å². The SMILES string of the molecule is C[C@@H]1C[C@@H](C)CN(c2ccnc(SCC(=O)Nc3nccs3)n2)C1. The zero-order valence-electron chi connectivity index (χ0n) is 13.8. The summed E-state index contributed by atoms with van der Waals surface area (Å²) in [5.41, 5.74) is 0. The van der Waals surface area contributed by atoms with Gasteiger partial charge in [-0.25, -0.2) is 15.0 Å². The molecule has 24 heavy (non-hydrogen) atoms. The minimum atomic E-state index is -0.0934. The summed E-state index contributed by atoms with van der Waals surface area (Å²) in [5, 5.41) is 5.84. The van der Waals surface area contributed by atoms with Gasteiger partial charge >= 0.3 is 0 Å². The highest BCUT2D eigenvalue weighted by Gasteiger charge is 2.23. The van der Waals surface area contributed by atoms with Crippen molar-refractivity contribution < 1.29 is 4.79 Å². The van der Waals surface area contributed by atoms with Gasteiger partial charge in [0.05, 0.1) is 5.75 Å². The number of anilines is 2. The van der Waals surface area contributed by atoms with Crippen molar-refractivity contribution in [2.45, 2.75) is 25.4 Å². The Morgan fingerprint density at radius 3 is 2.83 bits per heavy atom. The Morgan fingerprint density at radius 1 is 1.33 bits per heavy atom. The van der Waals surface area contributed by atoms with Crippen LogP contribution < -0.4 is 10.2 Å². The molecule has 3 heterocycles. The zero-order chi connectivity index (χ0) is 16.9. The van der Waals surface area contributed by atoms with Crippen LogP contribution in [0, 0.1) is 11.8 Å². The molecule has 6 nitrogen and oxygen atoms in total. The van der Waals surface area contributed by atoms with E-state index < -0.39 is 0 Å². The van der Waals surface area contributed by atoms with Crippen LogP contribution in [0.15, 0.2) is 29.0 Å². The summed E-state index contributed by atoms with van der Waals surface area (Å²) in [4.78, 5) is 27.2. The minimum Gasteiger partial charge on any atom is -0.356 e. The molecule has 0 saturated carbocycles. The van der Waals surface area contributed by atoms with Gasteiger partial charge in [-0.05, 0) is 24.3 Å². The van der Waals surface area contributed by atoms with Crippen LogP contribution in [0.3, 0.4) is 0 Å². The first kappa shape index (κ1) is 17.2. The Labute approximate surface area is 150 Å². The molecule has 1 aliphatic rings. The Balaban J connectivity index is 1.58. The molecule has 1 fully saturated rings. The molecular formula is C16H21N5OS2. The quantitative estimate of drug-likeness (QED) is 0.650. The van der Waals surface area contributed by atoms with E-state index in [0.29, 0.717) is 22.1 Å². The second-order valence-electron chi connectivity index (χ2n) is 6.22. The van der Waals surface area contributed by atoms with Crippen LogP contribution in [0.4, 0.5) is 10.9 Å². The van der Waals surface area contributed by atoms with Crippen molar-refractivity contribution in [1.82, 2.24) is 15.0 Å². The molecule has 0 radical (unpaired) electrons. The smallest absolute Gasteiger partial charge is 0.236 e. The molecule has 1 saturated heterocycles. The van der Waals surface area contributed by atoms with E-state index in [0.717, 1.165) is 18.9 Å². The maximum atomic E-state index is 11.9. The summed E-state index contributed by atoms with van der Waals surface area (Å²) in [7, 11) is 0. The third-order valence-corrected chi connectivity index (χ3v) is 5.37. The fourth-order valence-corrected chi connectivity index (χ4v) is 4.17. The monoisotopic (exact) mass is 363 g/mol. The van der Waals surface area contributed by atoms with Gasteiger partial charge in [0, 0.05) is 30.9 Å². The largest absolute Gasteiger partial charge is 0.356 e. The lowest BCUT2D eigenvalue weighted by Gasteiger charge is -2.35. The molecule has 8 heteroatoms. The van der Waals surface area contributed by atoms with Crippen LogP contribution in [0.5, 0.6) is 0 Å². The number of thioether (sulfide) groups is 1. The minimum absolute atomic E-state index is 0.0934. The molecule has 2 aromatic heterocycles. The maximum Gasteiger partial charge on any atom is 0.236 e. The lowest BCUT2D eigenvalue weighted by molar-refractivity contribution is -0.113. The number of carbonyl (C=O) groups is 1. The lowest BCUT2D eigenvalue weighted by atomic mass is 9.92. The van der Waals surface area contributed by atoms with E-state index in [1.807, 2.05) is 11.4 Å². The molecule has 0 spiro atoms. The van der Waals surface area contributed by atoms with Gasteiger partial charge in [0.1, 0.15) is 5.82 Å². The van der Waals surface area contributed by atoms with E-state index in [-0.39, 0.29) is 11.7 Å². The number of hydrogen-bond donors (Lipinski definition) is 1. The van der Waals surface area contributed by atoms with Crippen molar-refractivity contribution in [2.24, 2.45) is 11.8 Å². The predicted octanol–water partition coefficient (Wildman–Crippen LogP) is 3.15. The van der Waals surface area contributed by atoms with Gasteiger partial charge in [0.2, 0.25) is 5.91 Å². The van der Waals surface area contributed by atoms with Crippen LogP contribution in [-0.2, 0) is 4.79 Å². The fraction of sp³-hybridized carbons (Fsp3) is 0.500. The van der Waals surface area contributed by atoms with Crippen molar-refractivity contribution in [2.75, 3.05) is 29.1 Å². The first-order valence-electron chi connectivity index (χ1n) is 8.00. The first-order chi connectivity index (χ1) is 11.6. The summed E-state index contributed by atoms with van der Waals surface area (Å²) in [6.07, 6.45) is 4.70. The van der Waals surface area contributed by atoms with Crippen LogP contribution in [0.2, 0.25) is 0 Å². The zero-order valence-corrected chi connectivity index (χ0v) is 15.4. The van der Waals surface area contributed by atoms with Crippen LogP contribution in [-0.4, -0.2) is 39.7 Å². The van der Waals surface area contributed by atoms with E-state index in [1.165, 1.54) is 29.5 Å². The van der Waals surface area contributed by atoms with Crippen LogP contribution in [0.25, 0.3) is 0 Å². The molecule has 2 atom stereocenters. The number of aromatic nitrogens is 3. The maximum absolute atomic E-state index is 11.9. The number of piperidine rings is 1. The van der Waals surface area contributed by atoms with E-state index in [9.17, 15) is 4.79 Å². The number of hydrogen-bond acceptors (Lipinski definition) is 7. The second-order valence-corrected chi connectivity index (χ2v) is 8.06. The third kappa shape index (κ3) is 4.67. The van der Waals surface area contributed by atoms with Gasteiger partial charge < -0.3 is 10.2 Å². The first-order valence-corrected chi connectivity index (χ1v) is 9.87. The third-order valence-electron chi connectivity index (χ3n) is 3.82. The number of nitrogens with zero attached hydrogens (tertiary/aromatic N) is 4. The van der Waals surface area contributed by atoms with Crippen LogP contribution in [0.1, 0.15) is 20.3 Å². The summed E-state index contributed by atoms with van der Waals surface area (Å²) >= 11 is 2.75. The summed E-state index contributed by atoms with van der Waals surface area (Å²) in [5.74, 6) is 2.47. The van der Waals surface area contributed by atoms with Gasteiger partial charge in [-0.15, -0.1) is 11.3 Å². The molecule has 0 unspecified atom stereocenters. The highest BCUT2D eigenvalue weighted by atomic mass is 32.2. The Bertz CT molecular complexity index is 669. The van der Waals surface area contributed by atoms with Crippen molar-refractivity contribution in [1.29, 1.82) is 0 Å². The molecule has 2 aromatic rings. The van der Waals surface area contributed by atoms with Gasteiger partial charge in [-0.2, -0.15) is 0 Å².